The molecule has 0 saturated heterocycles. The lowest BCUT2D eigenvalue weighted by Crippen LogP contribution is -2.25. The molecule has 7 heteroatoms. The maximum Gasteiger partial charge on any atom is 0.306 e. The van der Waals surface area contributed by atoms with E-state index >= 15 is 0 Å². The van der Waals surface area contributed by atoms with Crippen LogP contribution in [0.15, 0.2) is 30.4 Å². The lowest BCUT2D eigenvalue weighted by molar-refractivity contribution is -0.143. The van der Waals surface area contributed by atoms with Gasteiger partial charge in [-0.25, -0.2) is 10.8 Å². The molecule has 2 heterocycles. The van der Waals surface area contributed by atoms with E-state index in [0.29, 0.717) is 37.6 Å². The van der Waals surface area contributed by atoms with Crippen molar-refractivity contribution in [3.8, 4) is 0 Å². The van der Waals surface area contributed by atoms with Gasteiger partial charge in [0.2, 0.25) is 0 Å². The molecule has 0 fully saturated rings. The zero-order valence-electron chi connectivity index (χ0n) is 16.0. The van der Waals surface area contributed by atoms with Gasteiger partial charge in [-0.2, -0.15) is 0 Å². The van der Waals surface area contributed by atoms with E-state index in [1.54, 1.807) is 13.1 Å². The van der Waals surface area contributed by atoms with E-state index in [4.69, 9.17) is 21.3 Å². The highest BCUT2D eigenvalue weighted by molar-refractivity contribution is 5.70. The third-order valence-electron chi connectivity index (χ3n) is 3.98. The summed E-state index contributed by atoms with van der Waals surface area (Å²) in [6.45, 7) is 8.73. The molecule has 142 valence electrons. The fourth-order valence-electron chi connectivity index (χ4n) is 2.78. The minimum absolute atomic E-state index is 0.191. The van der Waals surface area contributed by atoms with Crippen LogP contribution in [0.4, 0.5) is 0 Å². The number of fused-ring (bicyclic) bond motifs is 1. The second-order valence-corrected chi connectivity index (χ2v) is 6.77. The monoisotopic (exact) mass is 359 g/mol. The highest BCUT2D eigenvalue weighted by atomic mass is 16.5. The van der Waals surface area contributed by atoms with Crippen molar-refractivity contribution >= 4 is 11.6 Å². The second-order valence-electron chi connectivity index (χ2n) is 6.77. The number of esters is 1. The molecule has 0 aromatic carbocycles. The lowest BCUT2D eigenvalue weighted by atomic mass is 10.0. The van der Waals surface area contributed by atoms with Crippen LogP contribution in [0, 0.1) is 0 Å². The number of allylic oxidation sites excluding steroid dienone is 1. The Labute approximate surface area is 154 Å². The predicted molar refractivity (Wildman–Crippen MR) is 102 cm³/mol. The number of ether oxygens (including phenoxy) is 1. The highest BCUT2D eigenvalue weighted by Gasteiger charge is 2.13. The lowest BCUT2D eigenvalue weighted by Gasteiger charge is -2.11. The summed E-state index contributed by atoms with van der Waals surface area (Å²) < 4.78 is 7.05. The molecule has 0 radical (unpaired) electrons. The van der Waals surface area contributed by atoms with E-state index < -0.39 is 0 Å². The number of nitrogens with zero attached hydrogens (tertiary/aromatic N) is 3. The van der Waals surface area contributed by atoms with Gasteiger partial charge in [0.25, 0.3) is 0 Å². The number of hydrogen-bond acceptors (Lipinski definition) is 6. The first kappa shape index (κ1) is 19.8. The second kappa shape index (κ2) is 8.71. The van der Waals surface area contributed by atoms with Crippen LogP contribution in [-0.4, -0.2) is 27.0 Å². The molecular formula is C19H29N5O2. The van der Waals surface area contributed by atoms with Gasteiger partial charge in [0.05, 0.1) is 18.8 Å². The van der Waals surface area contributed by atoms with Crippen LogP contribution in [0.2, 0.25) is 0 Å². The molecule has 0 spiro atoms. The number of nitrogens with two attached hydrogens (primary N) is 2. The Morgan fingerprint density at radius 1 is 1.42 bits per heavy atom. The maximum atomic E-state index is 11.7. The number of carbonyl (C=O) groups excluding carboxylic acids is 1. The predicted octanol–water partition coefficient (Wildman–Crippen LogP) is 2.45. The van der Waals surface area contributed by atoms with Crippen LogP contribution in [0.3, 0.4) is 0 Å². The summed E-state index contributed by atoms with van der Waals surface area (Å²) in [5, 5.41) is 1.51. The fourth-order valence-corrected chi connectivity index (χ4v) is 2.78. The number of imidazole rings is 1. The van der Waals surface area contributed by atoms with Crippen molar-refractivity contribution in [1.29, 1.82) is 0 Å². The Morgan fingerprint density at radius 2 is 2.15 bits per heavy atom. The summed E-state index contributed by atoms with van der Waals surface area (Å²) in [5.74, 6) is 6.13. The first-order valence-electron chi connectivity index (χ1n) is 8.91. The number of pyridine rings is 1. The van der Waals surface area contributed by atoms with Crippen LogP contribution in [-0.2, 0) is 22.5 Å². The molecule has 0 unspecified atom stereocenters. The van der Waals surface area contributed by atoms with E-state index in [1.807, 2.05) is 17.5 Å². The molecule has 0 saturated carbocycles. The zero-order chi connectivity index (χ0) is 19.3. The molecular weight excluding hydrogens is 330 g/mol. The van der Waals surface area contributed by atoms with Crippen LogP contribution in [0.25, 0.3) is 5.65 Å². The van der Waals surface area contributed by atoms with E-state index in [9.17, 15) is 4.79 Å². The summed E-state index contributed by atoms with van der Waals surface area (Å²) in [6, 6.07) is 2.13. The summed E-state index contributed by atoms with van der Waals surface area (Å²) >= 11 is 0. The van der Waals surface area contributed by atoms with Crippen molar-refractivity contribution in [3.05, 3.63) is 47.2 Å². The van der Waals surface area contributed by atoms with Crippen LogP contribution >= 0.6 is 0 Å². The number of hydrogen-bond donors (Lipinski definition) is 2. The molecule has 2 rings (SSSR count). The average Bonchev–Trinajstić information content (AvgIpc) is 2.93. The average molecular weight is 359 g/mol. The van der Waals surface area contributed by atoms with Crippen LogP contribution < -0.4 is 11.6 Å². The number of hydrazine groups is 1. The number of rotatable bonds is 8. The summed E-state index contributed by atoms with van der Waals surface area (Å²) in [6.07, 6.45) is 6.65. The quantitative estimate of drug-likeness (QED) is 0.427. The largest absolute Gasteiger partial charge is 0.466 e. The van der Waals surface area contributed by atoms with Gasteiger partial charge in [-0.05, 0) is 37.3 Å². The molecule has 0 aliphatic heterocycles. The topological polar surface area (TPSA) is 98.9 Å². The molecule has 0 aliphatic carbocycles. The normalized spacial score (nSPS) is 12.0. The minimum Gasteiger partial charge on any atom is -0.466 e. The molecule has 0 bridgehead atoms. The highest BCUT2D eigenvalue weighted by Crippen LogP contribution is 2.21. The van der Waals surface area contributed by atoms with E-state index in [1.165, 1.54) is 10.6 Å². The molecule has 26 heavy (non-hydrogen) atoms. The smallest absolute Gasteiger partial charge is 0.306 e. The minimum atomic E-state index is -0.191. The Morgan fingerprint density at radius 3 is 2.77 bits per heavy atom. The van der Waals surface area contributed by atoms with Crippen LogP contribution in [0.5, 0.6) is 0 Å². The Hall–Kier alpha value is -2.54. The molecule has 2 aromatic heterocycles. The van der Waals surface area contributed by atoms with Crippen molar-refractivity contribution in [2.45, 2.75) is 53.0 Å². The van der Waals surface area contributed by atoms with Gasteiger partial charge < -0.3 is 19.9 Å². The molecule has 2 aromatic rings. The zero-order valence-corrected chi connectivity index (χ0v) is 16.0. The van der Waals surface area contributed by atoms with E-state index in [-0.39, 0.29) is 5.97 Å². The van der Waals surface area contributed by atoms with Gasteiger partial charge in [0.1, 0.15) is 5.65 Å². The number of aromatic nitrogens is 2. The Balaban J connectivity index is 2.32. The maximum absolute atomic E-state index is 11.7. The summed E-state index contributed by atoms with van der Waals surface area (Å²) in [4.78, 5) is 16.4. The third kappa shape index (κ3) is 5.23. The third-order valence-corrected chi connectivity index (χ3v) is 3.98. The molecule has 0 atom stereocenters. The van der Waals surface area contributed by atoms with Gasteiger partial charge in [-0.1, -0.05) is 19.9 Å². The van der Waals surface area contributed by atoms with Crippen LogP contribution in [0.1, 0.15) is 56.9 Å². The van der Waals surface area contributed by atoms with Crippen molar-refractivity contribution in [3.63, 3.8) is 0 Å². The first-order valence-corrected chi connectivity index (χ1v) is 8.91. The number of carbonyl (C=O) groups is 1. The first-order chi connectivity index (χ1) is 12.3. The van der Waals surface area contributed by atoms with Crippen molar-refractivity contribution in [2.24, 2.45) is 11.6 Å². The van der Waals surface area contributed by atoms with Gasteiger partial charge in [-0.15, -0.1) is 0 Å². The van der Waals surface area contributed by atoms with Crippen molar-refractivity contribution in [2.75, 3.05) is 6.61 Å². The van der Waals surface area contributed by atoms with Gasteiger partial charge >= 0.3 is 5.97 Å². The molecule has 0 aliphatic rings. The molecule has 4 N–H and O–H groups in total. The SMILES string of the molecule is CCOC(=O)CCc1cc(C(C)C)cn2cc(CN(N)/C=C(/C)N)nc12. The van der Waals surface area contributed by atoms with E-state index in [0.717, 1.165) is 16.9 Å². The number of aryl methyl sites for hydroxylation is 1. The van der Waals surface area contributed by atoms with Gasteiger partial charge in [-0.3, -0.25) is 4.79 Å². The van der Waals surface area contributed by atoms with Gasteiger partial charge in [0.15, 0.2) is 0 Å². The fraction of sp³-hybridized carbons (Fsp3) is 0.474. The molecule has 0 amide bonds. The summed E-state index contributed by atoms with van der Waals surface area (Å²) in [5.41, 5.74) is 10.2. The Kier molecular flexibility index (Phi) is 6.63. The van der Waals surface area contributed by atoms with Crippen molar-refractivity contribution in [1.82, 2.24) is 14.4 Å². The van der Waals surface area contributed by atoms with Crippen molar-refractivity contribution < 1.29 is 9.53 Å². The van der Waals surface area contributed by atoms with Gasteiger partial charge in [0, 0.05) is 30.7 Å². The summed E-state index contributed by atoms with van der Waals surface area (Å²) in [7, 11) is 0. The van der Waals surface area contributed by atoms with E-state index in [2.05, 4.69) is 26.1 Å². The molecule has 7 nitrogen and oxygen atoms in total. The Bertz CT molecular complexity index is 791. The standard InChI is InChI=1S/C19H29N5O2/c1-5-26-18(25)7-6-15-8-16(13(2)3)10-23-11-17(22-19(15)23)12-24(21)9-14(4)20/h8-11,13H,5-7,12,20-21H2,1-4H3/b14-9-.